The average Bonchev–Trinajstić information content (AvgIpc) is 4.19. The molecule has 7 nitrogen and oxygen atoms in total. The van der Waals surface area contributed by atoms with Gasteiger partial charge < -0.3 is 13.4 Å². The van der Waals surface area contributed by atoms with Gasteiger partial charge in [-0.25, -0.2) is 4.98 Å². The molecule has 0 fully saturated rings. The number of hydrogen-bond acceptors (Lipinski definition) is 5. The molecule has 0 atom stereocenters. The molecule has 0 unspecified atom stereocenters. The second-order valence-corrected chi connectivity index (χ2v) is 17.9. The molecule has 0 aliphatic carbocycles. The third-order valence-electron chi connectivity index (χ3n) is 14.0. The topological polar surface area (TPSA) is 74.8 Å². The van der Waals surface area contributed by atoms with Crippen molar-refractivity contribution in [3.8, 4) is 56.7 Å². The molecule has 0 saturated carbocycles. The number of rotatable bonds is 6. The van der Waals surface area contributed by atoms with Crippen LogP contribution in [-0.4, -0.2) is 24.1 Å². The molecule has 0 aliphatic heterocycles. The van der Waals surface area contributed by atoms with Crippen molar-refractivity contribution < 1.29 is 8.83 Å². The Morgan fingerprint density at radius 1 is 0.314 bits per heavy atom. The Morgan fingerprint density at radius 3 is 1.60 bits per heavy atom. The summed E-state index contributed by atoms with van der Waals surface area (Å²) in [6, 6.07) is 78.6. The van der Waals surface area contributed by atoms with Crippen LogP contribution in [0.5, 0.6) is 0 Å². The van der Waals surface area contributed by atoms with Gasteiger partial charge in [-0.05, 0) is 70.8 Å². The zero-order chi connectivity index (χ0) is 45.9. The fraction of sp³-hybridized carbons (Fsp3) is 0. The summed E-state index contributed by atoms with van der Waals surface area (Å²) in [6.07, 6.45) is 0. The van der Waals surface area contributed by atoms with Crippen molar-refractivity contribution in [1.29, 1.82) is 0 Å². The van der Waals surface area contributed by atoms with Crippen LogP contribution in [0.4, 0.5) is 0 Å². The van der Waals surface area contributed by atoms with Crippen molar-refractivity contribution in [2.24, 2.45) is 0 Å². The smallest absolute Gasteiger partial charge is 0.238 e. The molecule has 0 N–H and O–H groups in total. The highest BCUT2D eigenvalue weighted by molar-refractivity contribution is 6.24. The molecule has 70 heavy (non-hydrogen) atoms. The first kappa shape index (κ1) is 38.5. The van der Waals surface area contributed by atoms with E-state index in [0.29, 0.717) is 17.6 Å². The maximum absolute atomic E-state index is 7.00. The number of hydrogen-bond donors (Lipinski definition) is 0. The zero-order valence-corrected chi connectivity index (χ0v) is 37.4. The predicted octanol–water partition coefficient (Wildman–Crippen LogP) is 16.5. The fourth-order valence-electron chi connectivity index (χ4n) is 10.9. The number of para-hydroxylation sites is 4. The molecule has 10 aromatic carbocycles. The highest BCUT2D eigenvalue weighted by Crippen LogP contribution is 2.45. The first-order chi connectivity index (χ1) is 34.7. The van der Waals surface area contributed by atoms with Gasteiger partial charge in [0.15, 0.2) is 17.2 Å². The van der Waals surface area contributed by atoms with Crippen LogP contribution in [0.15, 0.2) is 233 Å². The molecule has 326 valence electrons. The van der Waals surface area contributed by atoms with Crippen LogP contribution in [0, 0.1) is 0 Å². The molecular weight excluding hydrogens is 859 g/mol. The third-order valence-corrected chi connectivity index (χ3v) is 14.0. The van der Waals surface area contributed by atoms with E-state index in [0.717, 1.165) is 121 Å². The summed E-state index contributed by atoms with van der Waals surface area (Å²) < 4.78 is 18.1. The van der Waals surface area contributed by atoms with E-state index in [1.165, 1.54) is 5.56 Å². The van der Waals surface area contributed by atoms with Gasteiger partial charge >= 0.3 is 0 Å². The summed E-state index contributed by atoms with van der Waals surface area (Å²) in [6.45, 7) is 0. The monoisotopic (exact) mass is 895 g/mol. The van der Waals surface area contributed by atoms with Crippen molar-refractivity contribution in [2.45, 2.75) is 0 Å². The molecular formula is C63H37N5O2. The Hall–Kier alpha value is -9.59. The van der Waals surface area contributed by atoms with Crippen molar-refractivity contribution in [1.82, 2.24) is 24.1 Å². The summed E-state index contributed by atoms with van der Waals surface area (Å²) in [7, 11) is 0. The first-order valence-electron chi connectivity index (χ1n) is 23.5. The zero-order valence-electron chi connectivity index (χ0n) is 37.4. The normalized spacial score (nSPS) is 12.0. The standard InChI is InChI=1S/C63H37N5O2/c1-3-17-38(18-4-1)40-21-15-22-41(35-40)42-36-50-45-25-9-13-30-54(45)70-60(50)53(37-42)67-51-28-11-7-23-43(51)46-33-34-47-44-24-8-12-29-52(44)68(59(47)58(46)67)63-65-61(39-19-5-2-6-20-39)64-62(66-63)49-27-16-32-56-57(49)48-26-10-14-31-55(48)69-56/h1-37H. The van der Waals surface area contributed by atoms with Crippen molar-refractivity contribution in [2.75, 3.05) is 0 Å². The average molecular weight is 896 g/mol. The van der Waals surface area contributed by atoms with Crippen LogP contribution in [0.2, 0.25) is 0 Å². The highest BCUT2D eigenvalue weighted by Gasteiger charge is 2.26. The van der Waals surface area contributed by atoms with Gasteiger partial charge in [0.1, 0.15) is 16.7 Å². The summed E-state index contributed by atoms with van der Waals surface area (Å²) in [5.41, 5.74) is 14.4. The number of benzene rings is 10. The quantitative estimate of drug-likeness (QED) is 0.166. The van der Waals surface area contributed by atoms with Gasteiger partial charge in [-0.1, -0.05) is 176 Å². The van der Waals surface area contributed by atoms with Gasteiger partial charge in [0.2, 0.25) is 5.95 Å². The Balaban J connectivity index is 1.08. The maximum Gasteiger partial charge on any atom is 0.238 e. The van der Waals surface area contributed by atoms with E-state index >= 15 is 0 Å². The van der Waals surface area contributed by atoms with Crippen LogP contribution in [0.25, 0.3) is 144 Å². The SMILES string of the molecule is c1ccc(-c2cccc(-c3cc(-n4c5ccccc5c5ccc6c7ccccc7n(-c7nc(-c8ccccc8)nc(-c8cccc9oc%10ccccc%10c89)n7)c6c54)c4oc5ccccc5c4c3)c2)cc1. The lowest BCUT2D eigenvalue weighted by Crippen LogP contribution is -2.07. The molecule has 0 radical (unpaired) electrons. The second kappa shape index (κ2) is 15.0. The number of fused-ring (bicyclic) bond motifs is 13. The maximum atomic E-state index is 7.00. The lowest BCUT2D eigenvalue weighted by atomic mass is 9.97. The fourth-order valence-corrected chi connectivity index (χ4v) is 10.9. The Kier molecular flexibility index (Phi) is 8.23. The van der Waals surface area contributed by atoms with Crippen molar-refractivity contribution in [3.05, 3.63) is 224 Å². The molecule has 0 amide bonds. The van der Waals surface area contributed by atoms with Crippen LogP contribution in [0.3, 0.4) is 0 Å². The molecule has 0 aliphatic rings. The van der Waals surface area contributed by atoms with E-state index < -0.39 is 0 Å². The number of aromatic nitrogens is 5. The van der Waals surface area contributed by atoms with Crippen molar-refractivity contribution >= 4 is 87.5 Å². The second-order valence-electron chi connectivity index (χ2n) is 17.9. The Morgan fingerprint density at radius 2 is 0.857 bits per heavy atom. The number of nitrogens with zero attached hydrogens (tertiary/aromatic N) is 5. The Labute approximate surface area is 399 Å². The summed E-state index contributed by atoms with van der Waals surface area (Å²) >= 11 is 0. The van der Waals surface area contributed by atoms with E-state index in [-0.39, 0.29) is 0 Å². The van der Waals surface area contributed by atoms with Crippen LogP contribution >= 0.6 is 0 Å². The Bertz CT molecular complexity index is 4600. The van der Waals surface area contributed by atoms with E-state index in [2.05, 4.69) is 179 Å². The first-order valence-corrected chi connectivity index (χ1v) is 23.5. The molecule has 5 aromatic heterocycles. The van der Waals surface area contributed by atoms with Gasteiger partial charge in [0.05, 0.1) is 27.8 Å². The summed E-state index contributed by atoms with van der Waals surface area (Å²) in [5, 5.41) is 8.45. The van der Waals surface area contributed by atoms with Gasteiger partial charge in [-0.2, -0.15) is 9.97 Å². The van der Waals surface area contributed by atoms with Crippen molar-refractivity contribution in [3.63, 3.8) is 0 Å². The minimum absolute atomic E-state index is 0.504. The van der Waals surface area contributed by atoms with E-state index in [9.17, 15) is 0 Å². The van der Waals surface area contributed by atoms with Gasteiger partial charge in [-0.15, -0.1) is 0 Å². The van der Waals surface area contributed by atoms with Gasteiger partial charge in [0, 0.05) is 54.2 Å². The van der Waals surface area contributed by atoms with E-state index in [1.807, 2.05) is 54.6 Å². The minimum Gasteiger partial charge on any atom is -0.456 e. The van der Waals surface area contributed by atoms with Gasteiger partial charge in [-0.3, -0.25) is 4.57 Å². The molecule has 5 heterocycles. The highest BCUT2D eigenvalue weighted by atomic mass is 16.3. The molecule has 0 saturated heterocycles. The van der Waals surface area contributed by atoms with Crippen LogP contribution < -0.4 is 0 Å². The summed E-state index contributed by atoms with van der Waals surface area (Å²) in [5.74, 6) is 1.62. The van der Waals surface area contributed by atoms with E-state index in [1.54, 1.807) is 0 Å². The lowest BCUT2D eigenvalue weighted by Gasteiger charge is -2.15. The molecule has 7 heteroatoms. The number of furan rings is 2. The molecule has 15 rings (SSSR count). The van der Waals surface area contributed by atoms with Crippen LogP contribution in [-0.2, 0) is 0 Å². The summed E-state index contributed by atoms with van der Waals surface area (Å²) in [4.78, 5) is 16.2. The predicted molar refractivity (Wildman–Crippen MR) is 285 cm³/mol. The van der Waals surface area contributed by atoms with Crippen LogP contribution in [0.1, 0.15) is 0 Å². The van der Waals surface area contributed by atoms with Gasteiger partial charge in [0.25, 0.3) is 0 Å². The third kappa shape index (κ3) is 5.72. The minimum atomic E-state index is 0.504. The van der Waals surface area contributed by atoms with E-state index in [4.69, 9.17) is 23.8 Å². The molecule has 0 bridgehead atoms. The lowest BCUT2D eigenvalue weighted by molar-refractivity contribution is 0.666. The molecule has 15 aromatic rings. The molecule has 0 spiro atoms. The largest absolute Gasteiger partial charge is 0.456 e.